The molecule has 0 aliphatic carbocycles. The van der Waals surface area contributed by atoms with Gasteiger partial charge in [0.05, 0.1) is 34.2 Å². The normalized spacial score (nSPS) is 10.5. The van der Waals surface area contributed by atoms with Crippen molar-refractivity contribution in [2.75, 3.05) is 111 Å². The van der Waals surface area contributed by atoms with Crippen LogP contribution in [0.15, 0.2) is 182 Å². The Morgan fingerprint density at radius 2 is 0.832 bits per heavy atom. The molecule has 0 spiro atoms. The number of carbonyl (C=O) groups is 5. The molecule has 0 atom stereocenters. The van der Waals surface area contributed by atoms with E-state index in [1.807, 2.05) is 135 Å². The smallest absolute Gasteiger partial charge is 0.222 e. The Kier molecular flexibility index (Phi) is 31.1. The van der Waals surface area contributed by atoms with Crippen LogP contribution in [0.4, 0.5) is 58.8 Å². The van der Waals surface area contributed by atoms with Gasteiger partial charge < -0.3 is 60.2 Å². The van der Waals surface area contributed by atoms with Gasteiger partial charge in [-0.15, -0.1) is 6.42 Å². The molecule has 5 heterocycles. The molecule has 5 aromatic heterocycles. The van der Waals surface area contributed by atoms with E-state index in [0.717, 1.165) is 79.0 Å². The van der Waals surface area contributed by atoms with E-state index in [1.54, 1.807) is 83.8 Å². The second kappa shape index (κ2) is 40.4. The molecule has 0 saturated carbocycles. The Hall–Kier alpha value is -13.5. The number of benzene rings is 5. The topological polar surface area (TPSA) is 442 Å². The maximum Gasteiger partial charge on any atom is 0.222 e. The van der Waals surface area contributed by atoms with E-state index in [9.17, 15) is 32.4 Å². The highest BCUT2D eigenvalue weighted by Crippen LogP contribution is 2.29. The summed E-state index contributed by atoms with van der Waals surface area (Å²) >= 11 is 0. The molecule has 107 heavy (non-hydrogen) atoms. The van der Waals surface area contributed by atoms with Gasteiger partial charge in [0.1, 0.15) is 29.1 Å². The third kappa shape index (κ3) is 26.7. The minimum absolute atomic E-state index is 0.00614. The highest BCUT2D eigenvalue weighted by molar-refractivity contribution is 7.93. The van der Waals surface area contributed by atoms with Gasteiger partial charge in [-0.25, -0.2) is 33.3 Å². The summed E-state index contributed by atoms with van der Waals surface area (Å²) in [6, 6.07) is 44.4. The Balaban J connectivity index is 0.000000210. The summed E-state index contributed by atoms with van der Waals surface area (Å²) in [5.41, 5.74) is 41.4. The minimum Gasteiger partial charge on any atom is -0.373 e. The third-order valence-corrected chi connectivity index (χ3v) is 16.5. The van der Waals surface area contributed by atoms with Gasteiger partial charge in [0.25, 0.3) is 0 Å². The zero-order chi connectivity index (χ0) is 78.3. The molecule has 0 fully saturated rings. The lowest BCUT2D eigenvalue weighted by molar-refractivity contribution is -0.134. The molecule has 28 nitrogen and oxygen atoms in total. The van der Waals surface area contributed by atoms with Crippen LogP contribution in [0, 0.1) is 19.3 Å². The number of rotatable bonds is 26. The van der Waals surface area contributed by atoms with Crippen molar-refractivity contribution in [3.05, 3.63) is 216 Å². The van der Waals surface area contributed by atoms with E-state index in [1.165, 1.54) is 13.0 Å². The zero-order valence-electron chi connectivity index (χ0n) is 61.0. The second-order valence-electron chi connectivity index (χ2n) is 23.7. The van der Waals surface area contributed by atoms with Crippen LogP contribution in [-0.2, 0) is 65.2 Å². The van der Waals surface area contributed by atoms with E-state index >= 15 is 0 Å². The number of likely N-dealkylation sites (N-methyl/N-ethyl adjacent to an activating group) is 1. The van der Waals surface area contributed by atoms with E-state index in [0.29, 0.717) is 64.6 Å². The molecule has 0 amide bonds. The number of nitrogens with two attached hydrogens (primary N) is 5. The third-order valence-electron chi connectivity index (χ3n) is 15.3. The number of anilines is 10. The first-order chi connectivity index (χ1) is 51.1. The van der Waals surface area contributed by atoms with Crippen molar-refractivity contribution < 1.29 is 32.4 Å². The number of hydrogen-bond acceptors (Lipinski definition) is 28. The summed E-state index contributed by atoms with van der Waals surface area (Å²) in [7, 11) is 9.42. The van der Waals surface area contributed by atoms with Crippen LogP contribution in [0.3, 0.4) is 0 Å². The van der Waals surface area contributed by atoms with Crippen LogP contribution in [0.25, 0.3) is 56.3 Å². The summed E-state index contributed by atoms with van der Waals surface area (Å²) in [4.78, 5) is 101. The summed E-state index contributed by atoms with van der Waals surface area (Å²) in [5.74, 6) is 5.08. The minimum atomic E-state index is -3.30. The molecule has 0 saturated heterocycles. The van der Waals surface area contributed by atoms with Crippen molar-refractivity contribution in [2.24, 2.45) is 0 Å². The summed E-state index contributed by atoms with van der Waals surface area (Å²) in [5, 5.41) is 15.6. The molecule has 10 aromatic rings. The zero-order valence-corrected chi connectivity index (χ0v) is 61.8. The number of carbonyl (C=O) groups excluding carboxylic acids is 5. The number of allylic oxidation sites excluding steroid dienone is 2. The molecule has 10 rings (SSSR count). The fraction of sp³-hybridized carbons (Fsp3) is 0.192. The van der Waals surface area contributed by atoms with E-state index in [2.05, 4.69) is 95.5 Å². The number of terminal acetylenes is 1. The SMILES string of the molecule is C#CC(=O)Cc1cccc(-c2cc(NC)nc(N)n2)c1.C=CC(=O)Cc1cccc(-c2cc(NC)nc(N)n2)c1C.C=CS(=O)(=O)Cc1cccc(-c2cc(NC)nc(N)n2)c1.CNc1cc(-c2cccc(CC(=O)/C=C/CN(C)C)c2)nc(N)n1.CNc1cc(-c2cccc(CC(=O)C(C)=O)c2)nc(N)n1. The highest BCUT2D eigenvalue weighted by atomic mass is 32.2. The maximum atomic E-state index is 12.0. The Morgan fingerprint density at radius 3 is 1.20 bits per heavy atom. The van der Waals surface area contributed by atoms with Crippen LogP contribution in [0.1, 0.15) is 40.3 Å². The molecule has 0 aliphatic heterocycles. The maximum absolute atomic E-state index is 12.0. The van der Waals surface area contributed by atoms with Gasteiger partial charge in [-0.3, -0.25) is 24.0 Å². The quantitative estimate of drug-likeness (QED) is 0.0104. The van der Waals surface area contributed by atoms with Crippen molar-refractivity contribution in [3.63, 3.8) is 0 Å². The van der Waals surface area contributed by atoms with Crippen LogP contribution < -0.4 is 55.3 Å². The van der Waals surface area contributed by atoms with Crippen molar-refractivity contribution in [2.45, 2.75) is 45.3 Å². The number of ketones is 5. The number of nitrogens with one attached hydrogen (secondary N) is 5. The number of sulfone groups is 1. The van der Waals surface area contributed by atoms with Gasteiger partial charge in [0.2, 0.25) is 41.3 Å². The largest absolute Gasteiger partial charge is 0.373 e. The van der Waals surface area contributed by atoms with E-state index in [-0.39, 0.29) is 65.7 Å². The van der Waals surface area contributed by atoms with E-state index < -0.39 is 21.4 Å². The first-order valence-electron chi connectivity index (χ1n) is 33.0. The number of hydrogen-bond donors (Lipinski definition) is 10. The summed E-state index contributed by atoms with van der Waals surface area (Å²) < 4.78 is 23.2. The lowest BCUT2D eigenvalue weighted by Gasteiger charge is -2.11. The first kappa shape index (κ1) is 82.5. The van der Waals surface area contributed by atoms with Crippen LogP contribution in [0.2, 0.25) is 0 Å². The van der Waals surface area contributed by atoms with Gasteiger partial charge in [-0.1, -0.05) is 110 Å². The van der Waals surface area contributed by atoms with Crippen LogP contribution in [-0.4, -0.2) is 148 Å². The molecular formula is C78H87N21O7S. The molecular weight excluding hydrogens is 1380 g/mol. The monoisotopic (exact) mass is 1460 g/mol. The molecule has 552 valence electrons. The van der Waals surface area contributed by atoms with Gasteiger partial charge in [-0.2, -0.15) is 24.9 Å². The van der Waals surface area contributed by atoms with Gasteiger partial charge >= 0.3 is 0 Å². The molecule has 5 aromatic carbocycles. The second-order valence-corrected chi connectivity index (χ2v) is 25.6. The van der Waals surface area contributed by atoms with Crippen molar-refractivity contribution in [1.29, 1.82) is 0 Å². The molecule has 29 heteroatoms. The lowest BCUT2D eigenvalue weighted by Crippen LogP contribution is -2.12. The predicted molar refractivity (Wildman–Crippen MR) is 427 cm³/mol. The number of nitrogens with zero attached hydrogens (tertiary/aromatic N) is 11. The van der Waals surface area contributed by atoms with Crippen molar-refractivity contribution in [1.82, 2.24) is 54.7 Å². The van der Waals surface area contributed by atoms with Crippen molar-refractivity contribution in [3.8, 4) is 68.6 Å². The Labute approximate surface area is 622 Å². The predicted octanol–water partition coefficient (Wildman–Crippen LogP) is 9.18. The van der Waals surface area contributed by atoms with Gasteiger partial charge in [0.15, 0.2) is 27.2 Å². The summed E-state index contributed by atoms with van der Waals surface area (Å²) in [6.07, 6.45) is 10.9. The standard InChI is InChI=1S/C18H23N5O.C16H18N4O.C15H16N4O2.C15H14N4O.C14H16N4O2S/c1-20-17-12-16(21-18(19)22-17)14-7-4-6-13(10-14)11-15(24)8-5-9-23(2)3;1-4-12(21)8-11-6-5-7-13(10(11)2)14-9-15(18-3)20-16(17)19-14;1-9(20)13(21)7-10-4-3-5-11(6-10)12-8-14(17-2)19-15(16)18-12;1-3-12(20)8-10-5-4-6-11(7-10)13-9-14(17-2)19-15(16)18-13;1-3-21(19,20)9-10-5-4-6-11(7-10)12-8-13(16-2)18-14(15)17-12/h4-8,10,12H,9,11H2,1-3H3,(H3,19,20,21,22);4-7,9H,1,8H2,2-3H3,(H3,17,18,19,20);3-6,8H,7H2,1-2H3,(H3,16,17,18,19);1,4-7,9H,8H2,2H3,(H3,16,17,18,19);3-8H,1,9H2,2H3,(H3,15,16,17,18)/b8-5+;;;;. The molecule has 0 unspecified atom stereocenters. The molecule has 15 N–H and O–H groups in total. The number of nitrogen functional groups attached to an aromatic ring is 5. The molecule has 0 bridgehead atoms. The van der Waals surface area contributed by atoms with Gasteiger partial charge in [-0.05, 0) is 96.7 Å². The highest BCUT2D eigenvalue weighted by Gasteiger charge is 2.16. The fourth-order valence-electron chi connectivity index (χ4n) is 9.95. The van der Waals surface area contributed by atoms with Gasteiger partial charge in [0, 0.05) is 138 Å². The van der Waals surface area contributed by atoms with Crippen molar-refractivity contribution >= 4 is 97.6 Å². The van der Waals surface area contributed by atoms with Crippen LogP contribution >= 0.6 is 0 Å². The fourth-order valence-corrected chi connectivity index (χ4v) is 10.7. The average Bonchev–Trinajstić information content (AvgIpc) is 0.822. The number of Topliss-reactive ketones (excluding diaryl/α,β-unsaturated/α-hetero) is 3. The molecule has 0 radical (unpaired) electrons. The first-order valence-corrected chi connectivity index (χ1v) is 34.7. The Bertz CT molecular complexity index is 5040. The molecule has 0 aliphatic rings. The Morgan fingerprint density at radius 1 is 0.477 bits per heavy atom. The van der Waals surface area contributed by atoms with E-state index in [4.69, 9.17) is 35.1 Å². The summed E-state index contributed by atoms with van der Waals surface area (Å²) in [6.45, 7) is 10.8. The van der Waals surface area contributed by atoms with Crippen LogP contribution in [0.5, 0.6) is 0 Å². The average molecular weight is 1460 g/mol. The number of aromatic nitrogens is 10. The lowest BCUT2D eigenvalue weighted by atomic mass is 9.96.